The number of halogens is 3. The first-order valence-electron chi connectivity index (χ1n) is 7.87. The van der Waals surface area contributed by atoms with Gasteiger partial charge in [0.2, 0.25) is 0 Å². The van der Waals surface area contributed by atoms with Gasteiger partial charge in [-0.05, 0) is 23.8 Å². The SMILES string of the molecule is O=C1CC(c2cccc(C(F)(F)F)c2)c2c(c3ccccc3[nH]c2=O)O1. The highest BCUT2D eigenvalue weighted by atomic mass is 19.4. The molecule has 2 aromatic carbocycles. The van der Waals surface area contributed by atoms with Crippen molar-refractivity contribution in [2.75, 3.05) is 0 Å². The summed E-state index contributed by atoms with van der Waals surface area (Å²) in [5, 5.41) is 0.534. The number of rotatable bonds is 1. The summed E-state index contributed by atoms with van der Waals surface area (Å²) >= 11 is 0. The second-order valence-electron chi connectivity index (χ2n) is 6.10. The molecule has 0 saturated carbocycles. The minimum absolute atomic E-state index is 0.114. The van der Waals surface area contributed by atoms with E-state index in [2.05, 4.69) is 4.98 Å². The van der Waals surface area contributed by atoms with Gasteiger partial charge < -0.3 is 9.72 Å². The van der Waals surface area contributed by atoms with Crippen molar-refractivity contribution in [2.45, 2.75) is 18.5 Å². The Kier molecular flexibility index (Phi) is 3.61. The first-order valence-corrected chi connectivity index (χ1v) is 7.87. The van der Waals surface area contributed by atoms with Gasteiger partial charge in [-0.3, -0.25) is 9.59 Å². The van der Waals surface area contributed by atoms with Gasteiger partial charge in [0.25, 0.3) is 5.56 Å². The molecule has 0 spiro atoms. The van der Waals surface area contributed by atoms with Crippen LogP contribution in [0.3, 0.4) is 0 Å². The van der Waals surface area contributed by atoms with Crippen molar-refractivity contribution in [2.24, 2.45) is 0 Å². The standard InChI is InChI=1S/C19H12F3NO3/c20-19(21,22)11-5-3-4-10(8-11)13-9-15(24)26-17-12-6-1-2-7-14(12)23-18(25)16(13)17/h1-8,13H,9H2,(H,23,25). The van der Waals surface area contributed by atoms with E-state index in [4.69, 9.17) is 4.74 Å². The van der Waals surface area contributed by atoms with Gasteiger partial charge in [0, 0.05) is 11.3 Å². The number of aromatic amines is 1. The molecule has 4 rings (SSSR count). The maximum atomic E-state index is 13.0. The van der Waals surface area contributed by atoms with Crippen molar-refractivity contribution in [3.63, 3.8) is 0 Å². The average molecular weight is 359 g/mol. The van der Waals surface area contributed by atoms with Crippen molar-refractivity contribution in [1.29, 1.82) is 0 Å². The first kappa shape index (κ1) is 16.4. The predicted octanol–water partition coefficient (Wildman–Crippen LogP) is 3.99. The van der Waals surface area contributed by atoms with Crippen LogP contribution in [0.4, 0.5) is 13.2 Å². The lowest BCUT2D eigenvalue weighted by Gasteiger charge is -2.25. The highest BCUT2D eigenvalue weighted by molar-refractivity contribution is 5.91. The second kappa shape index (κ2) is 5.72. The summed E-state index contributed by atoms with van der Waals surface area (Å²) in [6.45, 7) is 0. The molecule has 1 aromatic heterocycles. The third-order valence-corrected chi connectivity index (χ3v) is 4.46. The van der Waals surface area contributed by atoms with Gasteiger partial charge in [0.05, 0.1) is 23.1 Å². The van der Waals surface area contributed by atoms with Crippen molar-refractivity contribution in [3.8, 4) is 5.75 Å². The van der Waals surface area contributed by atoms with E-state index in [-0.39, 0.29) is 23.3 Å². The van der Waals surface area contributed by atoms with Gasteiger partial charge in [-0.15, -0.1) is 0 Å². The first-order chi connectivity index (χ1) is 12.3. The number of hydrogen-bond acceptors (Lipinski definition) is 3. The largest absolute Gasteiger partial charge is 0.425 e. The lowest BCUT2D eigenvalue weighted by atomic mass is 9.85. The van der Waals surface area contributed by atoms with E-state index < -0.39 is 29.2 Å². The minimum Gasteiger partial charge on any atom is -0.425 e. The lowest BCUT2D eigenvalue weighted by molar-refractivity contribution is -0.137. The van der Waals surface area contributed by atoms with E-state index in [1.54, 1.807) is 24.3 Å². The number of ether oxygens (including phenoxy) is 1. The van der Waals surface area contributed by atoms with Crippen LogP contribution in [0.1, 0.15) is 29.0 Å². The smallest absolute Gasteiger partial charge is 0.416 e. The number of alkyl halides is 3. The van der Waals surface area contributed by atoms with E-state index in [0.29, 0.717) is 10.9 Å². The van der Waals surface area contributed by atoms with Crippen LogP contribution in [0, 0.1) is 0 Å². The highest BCUT2D eigenvalue weighted by Gasteiger charge is 2.35. The molecule has 1 N–H and O–H groups in total. The van der Waals surface area contributed by atoms with Gasteiger partial charge in [0.1, 0.15) is 5.75 Å². The maximum Gasteiger partial charge on any atom is 0.416 e. The van der Waals surface area contributed by atoms with Crippen LogP contribution in [0.25, 0.3) is 10.9 Å². The number of nitrogens with one attached hydrogen (secondary N) is 1. The van der Waals surface area contributed by atoms with Gasteiger partial charge >= 0.3 is 12.1 Å². The van der Waals surface area contributed by atoms with Gasteiger partial charge in [-0.2, -0.15) is 13.2 Å². The molecule has 1 aliphatic heterocycles. The maximum absolute atomic E-state index is 13.0. The van der Waals surface area contributed by atoms with E-state index in [0.717, 1.165) is 12.1 Å². The van der Waals surface area contributed by atoms with Crippen LogP contribution in [0.5, 0.6) is 5.75 Å². The van der Waals surface area contributed by atoms with Crippen molar-refractivity contribution in [1.82, 2.24) is 4.98 Å². The zero-order valence-electron chi connectivity index (χ0n) is 13.3. The number of para-hydroxylation sites is 1. The van der Waals surface area contributed by atoms with E-state index in [1.807, 2.05) is 0 Å². The molecule has 0 bridgehead atoms. The Bertz CT molecular complexity index is 1090. The summed E-state index contributed by atoms with van der Waals surface area (Å²) in [5.74, 6) is -1.28. The normalized spacial score (nSPS) is 17.0. The Balaban J connectivity index is 1.95. The fraction of sp³-hybridized carbons (Fsp3) is 0.158. The number of fused-ring (bicyclic) bond motifs is 3. The summed E-state index contributed by atoms with van der Waals surface area (Å²) in [4.78, 5) is 27.4. The zero-order chi connectivity index (χ0) is 18.5. The predicted molar refractivity (Wildman–Crippen MR) is 88.1 cm³/mol. The fourth-order valence-electron chi connectivity index (χ4n) is 3.29. The molecule has 3 aromatic rings. The summed E-state index contributed by atoms with van der Waals surface area (Å²) < 4.78 is 44.4. The number of benzene rings is 2. The molecule has 0 saturated heterocycles. The van der Waals surface area contributed by atoms with Crippen LogP contribution in [0.2, 0.25) is 0 Å². The molecule has 26 heavy (non-hydrogen) atoms. The third-order valence-electron chi connectivity index (χ3n) is 4.46. The average Bonchev–Trinajstić information content (AvgIpc) is 2.60. The van der Waals surface area contributed by atoms with Crippen molar-refractivity contribution < 1.29 is 22.7 Å². The number of pyridine rings is 1. The van der Waals surface area contributed by atoms with Crippen LogP contribution >= 0.6 is 0 Å². The van der Waals surface area contributed by atoms with E-state index in [9.17, 15) is 22.8 Å². The summed E-state index contributed by atoms with van der Waals surface area (Å²) in [5.41, 5.74) is -0.392. The number of carbonyl (C=O) groups is 1. The molecular formula is C19H12F3NO3. The van der Waals surface area contributed by atoms with E-state index in [1.165, 1.54) is 12.1 Å². The molecule has 0 amide bonds. The third kappa shape index (κ3) is 2.65. The second-order valence-corrected chi connectivity index (χ2v) is 6.10. The monoisotopic (exact) mass is 359 g/mol. The Hall–Kier alpha value is -3.09. The van der Waals surface area contributed by atoms with Crippen molar-refractivity contribution >= 4 is 16.9 Å². The van der Waals surface area contributed by atoms with Crippen molar-refractivity contribution in [3.05, 3.63) is 75.6 Å². The lowest BCUT2D eigenvalue weighted by Crippen LogP contribution is -2.28. The van der Waals surface area contributed by atoms with Gasteiger partial charge in [-0.25, -0.2) is 0 Å². The Morgan fingerprint density at radius 1 is 1.04 bits per heavy atom. The Labute approximate surface area is 145 Å². The molecule has 1 unspecified atom stereocenters. The van der Waals surface area contributed by atoms with Crippen LogP contribution in [0.15, 0.2) is 53.3 Å². The fourth-order valence-corrected chi connectivity index (χ4v) is 3.29. The summed E-state index contributed by atoms with van der Waals surface area (Å²) in [6, 6.07) is 11.5. The Morgan fingerprint density at radius 3 is 2.58 bits per heavy atom. The topological polar surface area (TPSA) is 59.2 Å². The minimum atomic E-state index is -4.51. The molecule has 2 heterocycles. The molecule has 0 radical (unpaired) electrons. The van der Waals surface area contributed by atoms with Gasteiger partial charge in [0.15, 0.2) is 0 Å². The summed E-state index contributed by atoms with van der Waals surface area (Å²) in [6.07, 6.45) is -4.71. The van der Waals surface area contributed by atoms with Crippen LogP contribution in [-0.4, -0.2) is 11.0 Å². The van der Waals surface area contributed by atoms with E-state index >= 15 is 0 Å². The molecular weight excluding hydrogens is 347 g/mol. The number of aromatic nitrogens is 1. The molecule has 0 fully saturated rings. The number of hydrogen-bond donors (Lipinski definition) is 1. The quantitative estimate of drug-likeness (QED) is 0.669. The summed E-state index contributed by atoms with van der Waals surface area (Å²) in [7, 11) is 0. The molecule has 4 nitrogen and oxygen atoms in total. The number of carbonyl (C=O) groups excluding carboxylic acids is 1. The molecule has 0 aliphatic carbocycles. The molecule has 1 aliphatic rings. The number of esters is 1. The zero-order valence-corrected chi connectivity index (χ0v) is 13.3. The molecule has 1 atom stereocenters. The Morgan fingerprint density at radius 2 is 1.81 bits per heavy atom. The molecule has 132 valence electrons. The van der Waals surface area contributed by atoms with Gasteiger partial charge in [-0.1, -0.05) is 30.3 Å². The number of H-pyrrole nitrogens is 1. The molecule has 7 heteroatoms. The van der Waals surface area contributed by atoms with Crippen LogP contribution in [-0.2, 0) is 11.0 Å². The van der Waals surface area contributed by atoms with Crippen LogP contribution < -0.4 is 10.3 Å². The highest BCUT2D eigenvalue weighted by Crippen LogP contribution is 2.41.